The molecule has 2 aromatic rings. The molecule has 1 amide bonds. The summed E-state index contributed by atoms with van der Waals surface area (Å²) in [4.78, 5) is 12.4. The van der Waals surface area contributed by atoms with Crippen LogP contribution >= 0.6 is 0 Å². The smallest absolute Gasteiger partial charge is 0.407 e. The Bertz CT molecular complexity index is 586. The van der Waals surface area contributed by atoms with E-state index in [0.29, 0.717) is 19.0 Å². The van der Waals surface area contributed by atoms with Crippen molar-refractivity contribution in [1.29, 1.82) is 0 Å². The summed E-state index contributed by atoms with van der Waals surface area (Å²) in [5.74, 6) is 0.371. The van der Waals surface area contributed by atoms with Gasteiger partial charge in [0.05, 0.1) is 5.69 Å². The summed E-state index contributed by atoms with van der Waals surface area (Å²) in [6.45, 7) is 1.19. The molecule has 104 valence electrons. The number of hydrogen-bond acceptors (Lipinski definition) is 2. The van der Waals surface area contributed by atoms with Crippen molar-refractivity contribution in [3.8, 4) is 11.3 Å². The molecule has 5 heteroatoms. The number of hydrogen-bond donors (Lipinski definition) is 2. The summed E-state index contributed by atoms with van der Waals surface area (Å²) in [5, 5.41) is 16.4. The minimum absolute atomic E-state index is 0.371. The van der Waals surface area contributed by atoms with E-state index >= 15 is 0 Å². The van der Waals surface area contributed by atoms with Gasteiger partial charge in [-0.05, 0) is 18.9 Å². The van der Waals surface area contributed by atoms with Crippen molar-refractivity contribution < 1.29 is 9.90 Å². The van der Waals surface area contributed by atoms with E-state index < -0.39 is 6.09 Å². The maximum atomic E-state index is 10.9. The number of likely N-dealkylation sites (tertiary alicyclic amines) is 1. The largest absolute Gasteiger partial charge is 0.465 e. The minimum Gasteiger partial charge on any atom is -0.465 e. The lowest BCUT2D eigenvalue weighted by Crippen LogP contribution is -2.36. The molecule has 0 aliphatic carbocycles. The van der Waals surface area contributed by atoms with Crippen LogP contribution in [0.15, 0.2) is 36.4 Å². The Labute approximate surface area is 117 Å². The minimum atomic E-state index is -0.821. The molecule has 0 atom stereocenters. The molecule has 1 aliphatic heterocycles. The number of aromatic nitrogens is 2. The fourth-order valence-corrected chi connectivity index (χ4v) is 2.68. The number of amides is 1. The summed E-state index contributed by atoms with van der Waals surface area (Å²) in [6.07, 6.45) is 0.879. The number of nitrogens with zero attached hydrogens (tertiary/aromatic N) is 2. The number of carboxylic acid groups (broad SMARTS) is 1. The van der Waals surface area contributed by atoms with E-state index in [1.807, 2.05) is 30.3 Å². The lowest BCUT2D eigenvalue weighted by atomic mass is 9.93. The maximum absolute atomic E-state index is 10.9. The van der Waals surface area contributed by atoms with Gasteiger partial charge in [0.2, 0.25) is 0 Å². The number of rotatable bonds is 2. The molecule has 0 bridgehead atoms. The molecule has 1 aliphatic rings. The highest BCUT2D eigenvalue weighted by molar-refractivity contribution is 5.65. The molecule has 20 heavy (non-hydrogen) atoms. The summed E-state index contributed by atoms with van der Waals surface area (Å²) in [7, 11) is 0. The third-order valence-corrected chi connectivity index (χ3v) is 3.87. The second-order valence-corrected chi connectivity index (χ2v) is 5.12. The monoisotopic (exact) mass is 271 g/mol. The third kappa shape index (κ3) is 2.52. The van der Waals surface area contributed by atoms with Gasteiger partial charge >= 0.3 is 6.09 Å². The first-order valence-electron chi connectivity index (χ1n) is 6.82. The number of piperidine rings is 1. The molecule has 0 unspecified atom stereocenters. The molecule has 0 radical (unpaired) electrons. The van der Waals surface area contributed by atoms with Gasteiger partial charge in [0, 0.05) is 30.3 Å². The van der Waals surface area contributed by atoms with Crippen LogP contribution in [0.3, 0.4) is 0 Å². The summed E-state index contributed by atoms with van der Waals surface area (Å²) in [6, 6.07) is 12.1. The molecule has 5 nitrogen and oxygen atoms in total. The van der Waals surface area contributed by atoms with Gasteiger partial charge in [-0.1, -0.05) is 30.3 Å². The van der Waals surface area contributed by atoms with Crippen molar-refractivity contribution in [1.82, 2.24) is 15.1 Å². The van der Waals surface area contributed by atoms with Crippen LogP contribution in [-0.2, 0) is 0 Å². The molecular weight excluding hydrogens is 254 g/mol. The van der Waals surface area contributed by atoms with Gasteiger partial charge in [0.25, 0.3) is 0 Å². The van der Waals surface area contributed by atoms with Crippen LogP contribution in [0.2, 0.25) is 0 Å². The number of aromatic amines is 1. The Morgan fingerprint density at radius 1 is 1.25 bits per heavy atom. The first-order chi connectivity index (χ1) is 9.74. The fraction of sp³-hybridized carbons (Fsp3) is 0.333. The first kappa shape index (κ1) is 12.7. The average Bonchev–Trinajstić information content (AvgIpc) is 2.98. The SMILES string of the molecule is O=C(O)N1CCC(c2cc(-c3ccccc3)n[nH]2)CC1. The van der Waals surface area contributed by atoms with Gasteiger partial charge in [-0.2, -0.15) is 5.10 Å². The molecule has 0 saturated carbocycles. The van der Waals surface area contributed by atoms with Crippen molar-refractivity contribution >= 4 is 6.09 Å². The van der Waals surface area contributed by atoms with Crippen LogP contribution in [-0.4, -0.2) is 39.4 Å². The standard InChI is InChI=1S/C15H17N3O2/c19-15(20)18-8-6-12(7-9-18)14-10-13(16-17-14)11-4-2-1-3-5-11/h1-5,10,12H,6-9H2,(H,16,17)(H,19,20). The molecule has 1 aromatic carbocycles. The zero-order chi connectivity index (χ0) is 13.9. The Balaban J connectivity index is 1.71. The quantitative estimate of drug-likeness (QED) is 0.882. The average molecular weight is 271 g/mol. The predicted octanol–water partition coefficient (Wildman–Crippen LogP) is 2.93. The van der Waals surface area contributed by atoms with Crippen LogP contribution in [0.1, 0.15) is 24.5 Å². The van der Waals surface area contributed by atoms with Gasteiger partial charge in [0.1, 0.15) is 0 Å². The normalized spacial score (nSPS) is 16.3. The number of carbonyl (C=O) groups is 1. The second-order valence-electron chi connectivity index (χ2n) is 5.12. The lowest BCUT2D eigenvalue weighted by molar-refractivity contribution is 0.131. The Morgan fingerprint density at radius 2 is 1.95 bits per heavy atom. The van der Waals surface area contributed by atoms with E-state index in [1.165, 1.54) is 4.90 Å². The zero-order valence-electron chi connectivity index (χ0n) is 11.1. The topological polar surface area (TPSA) is 69.2 Å². The summed E-state index contributed by atoms with van der Waals surface area (Å²) < 4.78 is 0. The molecule has 3 rings (SSSR count). The molecular formula is C15H17N3O2. The molecule has 1 fully saturated rings. The molecule has 1 aromatic heterocycles. The van der Waals surface area contributed by atoms with E-state index in [2.05, 4.69) is 16.3 Å². The summed E-state index contributed by atoms with van der Waals surface area (Å²) >= 11 is 0. The number of nitrogens with one attached hydrogen (secondary N) is 1. The van der Waals surface area contributed by atoms with Crippen LogP contribution in [0.25, 0.3) is 11.3 Å². The maximum Gasteiger partial charge on any atom is 0.407 e. The zero-order valence-corrected chi connectivity index (χ0v) is 11.1. The fourth-order valence-electron chi connectivity index (χ4n) is 2.68. The van der Waals surface area contributed by atoms with E-state index in [1.54, 1.807) is 0 Å². The van der Waals surface area contributed by atoms with Crippen molar-refractivity contribution in [2.75, 3.05) is 13.1 Å². The van der Waals surface area contributed by atoms with Gasteiger partial charge in [-0.25, -0.2) is 4.79 Å². The van der Waals surface area contributed by atoms with Crippen molar-refractivity contribution in [2.45, 2.75) is 18.8 Å². The van der Waals surface area contributed by atoms with Crippen molar-refractivity contribution in [3.05, 3.63) is 42.1 Å². The van der Waals surface area contributed by atoms with Crippen LogP contribution in [0.5, 0.6) is 0 Å². The van der Waals surface area contributed by atoms with Crippen molar-refractivity contribution in [3.63, 3.8) is 0 Å². The lowest BCUT2D eigenvalue weighted by Gasteiger charge is -2.29. The van der Waals surface area contributed by atoms with E-state index in [-0.39, 0.29) is 0 Å². The van der Waals surface area contributed by atoms with E-state index in [0.717, 1.165) is 29.8 Å². The highest BCUT2D eigenvalue weighted by Crippen LogP contribution is 2.29. The Hall–Kier alpha value is -2.30. The van der Waals surface area contributed by atoms with E-state index in [4.69, 9.17) is 5.11 Å². The Morgan fingerprint density at radius 3 is 2.60 bits per heavy atom. The highest BCUT2D eigenvalue weighted by atomic mass is 16.4. The Kier molecular flexibility index (Phi) is 3.41. The van der Waals surface area contributed by atoms with Gasteiger partial charge < -0.3 is 10.0 Å². The molecule has 2 heterocycles. The highest BCUT2D eigenvalue weighted by Gasteiger charge is 2.24. The van der Waals surface area contributed by atoms with E-state index in [9.17, 15) is 4.79 Å². The number of H-pyrrole nitrogens is 1. The van der Waals surface area contributed by atoms with Crippen molar-refractivity contribution in [2.24, 2.45) is 0 Å². The van der Waals surface area contributed by atoms with Gasteiger partial charge in [-0.15, -0.1) is 0 Å². The van der Waals surface area contributed by atoms with Gasteiger partial charge in [-0.3, -0.25) is 5.10 Å². The first-order valence-corrected chi connectivity index (χ1v) is 6.82. The third-order valence-electron chi connectivity index (χ3n) is 3.87. The number of benzene rings is 1. The van der Waals surface area contributed by atoms with Crippen LogP contribution in [0.4, 0.5) is 4.79 Å². The van der Waals surface area contributed by atoms with Crippen LogP contribution < -0.4 is 0 Å². The predicted molar refractivity (Wildman–Crippen MR) is 75.6 cm³/mol. The van der Waals surface area contributed by atoms with Gasteiger partial charge in [0.15, 0.2) is 0 Å². The molecule has 2 N–H and O–H groups in total. The second kappa shape index (κ2) is 5.36. The van der Waals surface area contributed by atoms with Crippen LogP contribution in [0, 0.1) is 0 Å². The molecule has 1 saturated heterocycles. The summed E-state index contributed by atoms with van der Waals surface area (Å²) in [5.41, 5.74) is 3.15. The molecule has 0 spiro atoms.